The van der Waals surface area contributed by atoms with Gasteiger partial charge in [-0.05, 0) is 19.8 Å². The molecule has 0 bridgehead atoms. The summed E-state index contributed by atoms with van der Waals surface area (Å²) in [6.07, 6.45) is 2.60. The number of rotatable bonds is 4. The summed E-state index contributed by atoms with van der Waals surface area (Å²) in [4.78, 5) is 22.3. The lowest BCUT2D eigenvalue weighted by Gasteiger charge is -2.19. The van der Waals surface area contributed by atoms with Gasteiger partial charge in [-0.2, -0.15) is 0 Å². The number of hydrogen-bond acceptors (Lipinski definition) is 3. The molecule has 0 aromatic heterocycles. The van der Waals surface area contributed by atoms with Crippen LogP contribution in [0.3, 0.4) is 0 Å². The number of aliphatic hydroxyl groups excluding tert-OH is 1. The van der Waals surface area contributed by atoms with Crippen LogP contribution < -0.4 is 5.32 Å². The average molecular weight is 215 g/mol. The van der Waals surface area contributed by atoms with Crippen molar-refractivity contribution in [2.75, 3.05) is 0 Å². The standard InChI is InChI=1S/C10H17NO4/c1-6(12)8(10(14)15)11-9(13)7-4-2-3-5-7/h6-8,12H,2-5H2,1H3,(H,11,13)(H,14,15)/t6-,8+/m1/s1. The molecule has 1 saturated carbocycles. The van der Waals surface area contributed by atoms with Gasteiger partial charge in [0.2, 0.25) is 5.91 Å². The molecule has 1 amide bonds. The van der Waals surface area contributed by atoms with Gasteiger partial charge in [0.1, 0.15) is 0 Å². The highest BCUT2D eigenvalue weighted by atomic mass is 16.4. The Morgan fingerprint density at radius 1 is 1.33 bits per heavy atom. The Morgan fingerprint density at radius 3 is 2.27 bits per heavy atom. The fourth-order valence-corrected chi connectivity index (χ4v) is 1.85. The zero-order valence-electron chi connectivity index (χ0n) is 8.77. The van der Waals surface area contributed by atoms with Crippen LogP contribution in [0.25, 0.3) is 0 Å². The molecule has 86 valence electrons. The smallest absolute Gasteiger partial charge is 0.328 e. The second-order valence-corrected chi connectivity index (χ2v) is 4.05. The summed E-state index contributed by atoms with van der Waals surface area (Å²) in [6, 6.07) is -1.20. The van der Waals surface area contributed by atoms with Gasteiger partial charge >= 0.3 is 5.97 Å². The van der Waals surface area contributed by atoms with Crippen molar-refractivity contribution >= 4 is 11.9 Å². The third-order valence-corrected chi connectivity index (χ3v) is 2.77. The predicted octanol–water partition coefficient (Wildman–Crippen LogP) is 0.127. The van der Waals surface area contributed by atoms with Crippen molar-refractivity contribution in [3.8, 4) is 0 Å². The van der Waals surface area contributed by atoms with E-state index in [-0.39, 0.29) is 11.8 Å². The molecule has 1 aliphatic carbocycles. The van der Waals surface area contributed by atoms with E-state index in [0.717, 1.165) is 25.7 Å². The van der Waals surface area contributed by atoms with E-state index in [4.69, 9.17) is 5.11 Å². The minimum absolute atomic E-state index is 0.0781. The van der Waals surface area contributed by atoms with Crippen molar-refractivity contribution < 1.29 is 19.8 Å². The number of hydrogen-bond donors (Lipinski definition) is 3. The molecule has 0 unspecified atom stereocenters. The van der Waals surface area contributed by atoms with Crippen LogP contribution in [0.1, 0.15) is 32.6 Å². The van der Waals surface area contributed by atoms with Crippen LogP contribution in [0.2, 0.25) is 0 Å². The molecule has 0 heterocycles. The van der Waals surface area contributed by atoms with Gasteiger partial charge in [0.15, 0.2) is 6.04 Å². The van der Waals surface area contributed by atoms with Gasteiger partial charge in [0, 0.05) is 5.92 Å². The largest absolute Gasteiger partial charge is 0.480 e. The molecule has 0 aromatic carbocycles. The second-order valence-electron chi connectivity index (χ2n) is 4.05. The lowest BCUT2D eigenvalue weighted by Crippen LogP contribution is -2.49. The third-order valence-electron chi connectivity index (χ3n) is 2.77. The van der Waals surface area contributed by atoms with E-state index in [1.54, 1.807) is 0 Å². The van der Waals surface area contributed by atoms with Crippen LogP contribution in [0.4, 0.5) is 0 Å². The fourth-order valence-electron chi connectivity index (χ4n) is 1.85. The van der Waals surface area contributed by atoms with Crippen LogP contribution in [-0.2, 0) is 9.59 Å². The molecule has 5 nitrogen and oxygen atoms in total. The third kappa shape index (κ3) is 3.20. The van der Waals surface area contributed by atoms with Crippen LogP contribution in [-0.4, -0.2) is 34.2 Å². The summed E-state index contributed by atoms with van der Waals surface area (Å²) >= 11 is 0. The van der Waals surface area contributed by atoms with Crippen molar-refractivity contribution in [2.45, 2.75) is 44.8 Å². The first kappa shape index (κ1) is 12.0. The van der Waals surface area contributed by atoms with E-state index in [9.17, 15) is 14.7 Å². The Balaban J connectivity index is 2.50. The van der Waals surface area contributed by atoms with Gasteiger partial charge in [-0.3, -0.25) is 4.79 Å². The van der Waals surface area contributed by atoms with E-state index in [1.165, 1.54) is 6.92 Å². The summed E-state index contributed by atoms with van der Waals surface area (Å²) in [7, 11) is 0. The maximum absolute atomic E-state index is 11.6. The number of aliphatic carboxylic acids is 1. The number of amides is 1. The lowest BCUT2D eigenvalue weighted by atomic mass is 10.1. The highest BCUT2D eigenvalue weighted by Crippen LogP contribution is 2.24. The van der Waals surface area contributed by atoms with E-state index >= 15 is 0 Å². The topological polar surface area (TPSA) is 86.6 Å². The Morgan fingerprint density at radius 2 is 1.87 bits per heavy atom. The SMILES string of the molecule is C[C@@H](O)[C@H](NC(=O)C1CCCC1)C(=O)O. The molecular weight excluding hydrogens is 198 g/mol. The number of carboxylic acid groups (broad SMARTS) is 1. The monoisotopic (exact) mass is 215 g/mol. The molecule has 1 fully saturated rings. The molecule has 1 rings (SSSR count). The predicted molar refractivity (Wildman–Crippen MR) is 53.2 cm³/mol. The van der Waals surface area contributed by atoms with Gasteiger partial charge in [-0.1, -0.05) is 12.8 Å². The van der Waals surface area contributed by atoms with Gasteiger partial charge in [-0.15, -0.1) is 0 Å². The Bertz CT molecular complexity index is 246. The number of carbonyl (C=O) groups is 2. The van der Waals surface area contributed by atoms with Crippen LogP contribution in [0.15, 0.2) is 0 Å². The van der Waals surface area contributed by atoms with Crippen LogP contribution >= 0.6 is 0 Å². The summed E-state index contributed by atoms with van der Waals surface area (Å²) < 4.78 is 0. The summed E-state index contributed by atoms with van der Waals surface area (Å²) in [5.41, 5.74) is 0. The van der Waals surface area contributed by atoms with Crippen molar-refractivity contribution in [3.63, 3.8) is 0 Å². The highest BCUT2D eigenvalue weighted by Gasteiger charge is 2.29. The second kappa shape index (κ2) is 5.11. The normalized spacial score (nSPS) is 20.9. The molecule has 0 saturated heterocycles. The molecule has 2 atom stereocenters. The molecular formula is C10H17NO4. The summed E-state index contributed by atoms with van der Waals surface area (Å²) in [5.74, 6) is -1.53. The maximum atomic E-state index is 11.6. The van der Waals surface area contributed by atoms with Gasteiger partial charge in [0.05, 0.1) is 6.10 Å². The number of nitrogens with one attached hydrogen (secondary N) is 1. The van der Waals surface area contributed by atoms with Crippen molar-refractivity contribution in [1.29, 1.82) is 0 Å². The lowest BCUT2D eigenvalue weighted by molar-refractivity contribution is -0.145. The van der Waals surface area contributed by atoms with Crippen molar-refractivity contribution in [1.82, 2.24) is 5.32 Å². The summed E-state index contributed by atoms with van der Waals surface area (Å²) in [5, 5.41) is 20.3. The number of aliphatic hydroxyl groups is 1. The fraction of sp³-hybridized carbons (Fsp3) is 0.800. The summed E-state index contributed by atoms with van der Waals surface area (Å²) in [6.45, 7) is 1.35. The van der Waals surface area contributed by atoms with Crippen LogP contribution in [0, 0.1) is 5.92 Å². The minimum atomic E-state index is -1.20. The molecule has 0 radical (unpaired) electrons. The Labute approximate surface area is 88.5 Å². The molecule has 1 aliphatic rings. The van der Waals surface area contributed by atoms with Crippen LogP contribution in [0.5, 0.6) is 0 Å². The van der Waals surface area contributed by atoms with Gasteiger partial charge < -0.3 is 15.5 Å². The first-order valence-corrected chi connectivity index (χ1v) is 5.23. The first-order valence-electron chi connectivity index (χ1n) is 5.23. The molecule has 15 heavy (non-hydrogen) atoms. The Hall–Kier alpha value is -1.10. The minimum Gasteiger partial charge on any atom is -0.480 e. The molecule has 3 N–H and O–H groups in total. The van der Waals surface area contributed by atoms with E-state index in [0.29, 0.717) is 0 Å². The van der Waals surface area contributed by atoms with Gasteiger partial charge in [0.25, 0.3) is 0 Å². The van der Waals surface area contributed by atoms with E-state index < -0.39 is 18.1 Å². The van der Waals surface area contributed by atoms with Crippen molar-refractivity contribution in [2.24, 2.45) is 5.92 Å². The van der Waals surface area contributed by atoms with Gasteiger partial charge in [-0.25, -0.2) is 4.79 Å². The average Bonchev–Trinajstić information content (AvgIpc) is 2.65. The zero-order valence-corrected chi connectivity index (χ0v) is 8.77. The molecule has 0 spiro atoms. The molecule has 0 aromatic rings. The number of carbonyl (C=O) groups excluding carboxylic acids is 1. The zero-order chi connectivity index (χ0) is 11.4. The Kier molecular flexibility index (Phi) is 4.08. The van der Waals surface area contributed by atoms with E-state index in [1.807, 2.05) is 0 Å². The molecule has 0 aliphatic heterocycles. The highest BCUT2D eigenvalue weighted by molar-refractivity contribution is 5.85. The maximum Gasteiger partial charge on any atom is 0.328 e. The number of carboxylic acids is 1. The van der Waals surface area contributed by atoms with E-state index in [2.05, 4.69) is 5.32 Å². The molecule has 5 heteroatoms. The first-order chi connectivity index (χ1) is 7.02. The van der Waals surface area contributed by atoms with Crippen molar-refractivity contribution in [3.05, 3.63) is 0 Å². The quantitative estimate of drug-likeness (QED) is 0.622.